The molecule has 20 heavy (non-hydrogen) atoms. The Kier molecular flexibility index (Phi) is 4.04. The van der Waals surface area contributed by atoms with Gasteiger partial charge in [-0.2, -0.15) is 0 Å². The smallest absolute Gasteiger partial charge is 0.408 e. The van der Waals surface area contributed by atoms with Gasteiger partial charge in [0.1, 0.15) is 11.6 Å². The van der Waals surface area contributed by atoms with Crippen LogP contribution in [0.5, 0.6) is 0 Å². The quantitative estimate of drug-likeness (QED) is 0.825. The Morgan fingerprint density at radius 2 is 2.15 bits per heavy atom. The molecule has 0 saturated carbocycles. The number of fused-ring (bicyclic) bond motifs is 1. The Hall–Kier alpha value is -1.56. The maximum absolute atomic E-state index is 11.9. The zero-order valence-electron chi connectivity index (χ0n) is 11.6. The molecule has 2 rings (SSSR count). The lowest BCUT2D eigenvalue weighted by atomic mass is 9.99. The molecule has 0 saturated heterocycles. The largest absolute Gasteiger partial charge is 0.444 e. The molecule has 0 aliphatic carbocycles. The summed E-state index contributed by atoms with van der Waals surface area (Å²) in [7, 11) is 0. The first kappa shape index (κ1) is 14.8. The molecule has 0 spiro atoms. The molecule has 0 bridgehead atoms. The van der Waals surface area contributed by atoms with Gasteiger partial charge < -0.3 is 15.4 Å². The van der Waals surface area contributed by atoms with Gasteiger partial charge in [-0.25, -0.2) is 4.79 Å². The third-order valence-corrected chi connectivity index (χ3v) is 3.25. The fourth-order valence-electron chi connectivity index (χ4n) is 1.95. The van der Waals surface area contributed by atoms with Crippen LogP contribution in [0.15, 0.2) is 22.7 Å². The van der Waals surface area contributed by atoms with Gasteiger partial charge in [-0.3, -0.25) is 4.79 Å². The number of ether oxygens (including phenoxy) is 1. The molecule has 1 heterocycles. The SMILES string of the molecule is CC(C)(C)OC(=O)NC1Cc2cc(Br)ccc2NC1=O. The minimum atomic E-state index is -0.619. The van der Waals surface area contributed by atoms with Crippen LogP contribution >= 0.6 is 15.9 Å². The number of anilines is 1. The second kappa shape index (κ2) is 5.44. The van der Waals surface area contributed by atoms with Gasteiger partial charge in [-0.15, -0.1) is 0 Å². The van der Waals surface area contributed by atoms with Gasteiger partial charge in [0.15, 0.2) is 0 Å². The van der Waals surface area contributed by atoms with Gasteiger partial charge in [0.25, 0.3) is 0 Å². The average molecular weight is 341 g/mol. The summed E-state index contributed by atoms with van der Waals surface area (Å²) in [5.74, 6) is -0.231. The third kappa shape index (κ3) is 3.72. The van der Waals surface area contributed by atoms with E-state index in [-0.39, 0.29) is 5.91 Å². The van der Waals surface area contributed by atoms with E-state index in [4.69, 9.17) is 4.74 Å². The number of benzene rings is 1. The molecule has 1 aliphatic rings. The molecule has 2 amide bonds. The minimum Gasteiger partial charge on any atom is -0.444 e. The summed E-state index contributed by atoms with van der Waals surface area (Å²) in [4.78, 5) is 23.7. The highest BCUT2D eigenvalue weighted by atomic mass is 79.9. The number of amides is 2. The summed E-state index contributed by atoms with van der Waals surface area (Å²) in [6.45, 7) is 5.33. The second-order valence-electron chi connectivity index (χ2n) is 5.69. The molecule has 0 radical (unpaired) electrons. The van der Waals surface area contributed by atoms with Crippen molar-refractivity contribution >= 4 is 33.6 Å². The summed E-state index contributed by atoms with van der Waals surface area (Å²) < 4.78 is 6.09. The van der Waals surface area contributed by atoms with Crippen LogP contribution in [0.1, 0.15) is 26.3 Å². The standard InChI is InChI=1S/C14H17BrN2O3/c1-14(2,3)20-13(19)17-11-7-8-6-9(15)4-5-10(8)16-12(11)18/h4-6,11H,7H2,1-3H3,(H,16,18)(H,17,19). The first-order valence-corrected chi connectivity index (χ1v) is 7.13. The van der Waals surface area contributed by atoms with Crippen LogP contribution in [-0.4, -0.2) is 23.6 Å². The topological polar surface area (TPSA) is 67.4 Å². The summed E-state index contributed by atoms with van der Waals surface area (Å²) >= 11 is 3.39. The number of hydrogen-bond donors (Lipinski definition) is 2. The van der Waals surface area contributed by atoms with Crippen molar-refractivity contribution in [1.29, 1.82) is 0 Å². The average Bonchev–Trinajstić information content (AvgIpc) is 2.28. The first-order chi connectivity index (χ1) is 9.24. The molecule has 6 heteroatoms. The van der Waals surface area contributed by atoms with E-state index >= 15 is 0 Å². The number of halogens is 1. The van der Waals surface area contributed by atoms with E-state index in [1.54, 1.807) is 20.8 Å². The molecule has 5 nitrogen and oxygen atoms in total. The number of hydrogen-bond acceptors (Lipinski definition) is 3. The van der Waals surface area contributed by atoms with Crippen LogP contribution in [0.4, 0.5) is 10.5 Å². The predicted molar refractivity (Wildman–Crippen MR) is 79.6 cm³/mol. The van der Waals surface area contributed by atoms with Crippen LogP contribution in [0.2, 0.25) is 0 Å². The van der Waals surface area contributed by atoms with E-state index in [1.165, 1.54) is 0 Å². The zero-order chi connectivity index (χ0) is 14.9. The van der Waals surface area contributed by atoms with Crippen LogP contribution in [0.25, 0.3) is 0 Å². The monoisotopic (exact) mass is 340 g/mol. The lowest BCUT2D eigenvalue weighted by Gasteiger charge is -2.27. The molecule has 1 aromatic carbocycles. The number of carbonyl (C=O) groups excluding carboxylic acids is 2. The molecule has 2 N–H and O–H groups in total. The highest BCUT2D eigenvalue weighted by Gasteiger charge is 2.29. The molecule has 1 atom stereocenters. The van der Waals surface area contributed by atoms with E-state index in [0.717, 1.165) is 15.7 Å². The molecule has 0 aromatic heterocycles. The van der Waals surface area contributed by atoms with Gasteiger partial charge in [0.2, 0.25) is 5.91 Å². The third-order valence-electron chi connectivity index (χ3n) is 2.76. The molecular formula is C14H17BrN2O3. The molecule has 108 valence electrons. The zero-order valence-corrected chi connectivity index (χ0v) is 13.2. The summed E-state index contributed by atoms with van der Waals surface area (Å²) in [6.07, 6.45) is -0.143. The first-order valence-electron chi connectivity index (χ1n) is 6.33. The number of alkyl carbamates (subject to hydrolysis) is 1. The van der Waals surface area contributed by atoms with Crippen molar-refractivity contribution in [3.63, 3.8) is 0 Å². The van der Waals surface area contributed by atoms with Crippen LogP contribution in [-0.2, 0) is 16.0 Å². The molecule has 1 unspecified atom stereocenters. The minimum absolute atomic E-state index is 0.231. The van der Waals surface area contributed by atoms with Gasteiger partial charge in [-0.05, 0) is 44.5 Å². The Morgan fingerprint density at radius 1 is 1.45 bits per heavy atom. The fraction of sp³-hybridized carbons (Fsp3) is 0.429. The van der Waals surface area contributed by atoms with Crippen molar-refractivity contribution in [1.82, 2.24) is 5.32 Å². The Balaban J connectivity index is 2.07. The molecule has 0 fully saturated rings. The number of rotatable bonds is 1. The number of carbonyl (C=O) groups is 2. The maximum atomic E-state index is 11.9. The van der Waals surface area contributed by atoms with E-state index in [9.17, 15) is 9.59 Å². The second-order valence-corrected chi connectivity index (χ2v) is 6.61. The number of nitrogens with one attached hydrogen (secondary N) is 2. The Labute approximate surface area is 126 Å². The lowest BCUT2D eigenvalue weighted by Crippen LogP contribution is -2.49. The maximum Gasteiger partial charge on any atom is 0.408 e. The van der Waals surface area contributed by atoms with Crippen molar-refractivity contribution in [3.8, 4) is 0 Å². The highest BCUT2D eigenvalue weighted by Crippen LogP contribution is 2.26. The summed E-state index contributed by atoms with van der Waals surface area (Å²) in [5.41, 5.74) is 1.16. The van der Waals surface area contributed by atoms with Crippen LogP contribution in [0, 0.1) is 0 Å². The van der Waals surface area contributed by atoms with E-state index in [1.807, 2.05) is 18.2 Å². The van der Waals surface area contributed by atoms with Crippen molar-refractivity contribution < 1.29 is 14.3 Å². The lowest BCUT2D eigenvalue weighted by molar-refractivity contribution is -0.118. The van der Waals surface area contributed by atoms with Gasteiger partial charge >= 0.3 is 6.09 Å². The molecule has 1 aliphatic heterocycles. The molecular weight excluding hydrogens is 324 g/mol. The van der Waals surface area contributed by atoms with Crippen molar-refractivity contribution in [2.75, 3.05) is 5.32 Å². The Morgan fingerprint density at radius 3 is 2.80 bits per heavy atom. The van der Waals surface area contributed by atoms with Gasteiger partial charge in [0, 0.05) is 16.6 Å². The molecule has 1 aromatic rings. The van der Waals surface area contributed by atoms with Gasteiger partial charge in [-0.1, -0.05) is 15.9 Å². The van der Waals surface area contributed by atoms with E-state index in [2.05, 4.69) is 26.6 Å². The Bertz CT molecular complexity index is 552. The summed E-state index contributed by atoms with van der Waals surface area (Å²) in [6, 6.07) is 5.01. The van der Waals surface area contributed by atoms with Gasteiger partial charge in [0.05, 0.1) is 0 Å². The normalized spacial score (nSPS) is 18.0. The van der Waals surface area contributed by atoms with E-state index < -0.39 is 17.7 Å². The predicted octanol–water partition coefficient (Wildman–Crippen LogP) is 2.84. The highest BCUT2D eigenvalue weighted by molar-refractivity contribution is 9.10. The summed E-state index contributed by atoms with van der Waals surface area (Å²) in [5, 5.41) is 5.37. The van der Waals surface area contributed by atoms with Crippen molar-refractivity contribution in [2.24, 2.45) is 0 Å². The van der Waals surface area contributed by atoms with Crippen molar-refractivity contribution in [3.05, 3.63) is 28.2 Å². The van der Waals surface area contributed by atoms with Crippen LogP contribution < -0.4 is 10.6 Å². The van der Waals surface area contributed by atoms with Crippen LogP contribution in [0.3, 0.4) is 0 Å². The fourth-order valence-corrected chi connectivity index (χ4v) is 2.36. The van der Waals surface area contributed by atoms with E-state index in [0.29, 0.717) is 6.42 Å². The van der Waals surface area contributed by atoms with Crippen molar-refractivity contribution in [2.45, 2.75) is 38.8 Å².